The second kappa shape index (κ2) is 7.09. The predicted octanol–water partition coefficient (Wildman–Crippen LogP) is 1.80. The fourth-order valence-electron chi connectivity index (χ4n) is 2.10. The first-order valence-corrected chi connectivity index (χ1v) is 6.31. The van der Waals surface area contributed by atoms with Crippen LogP contribution in [0.1, 0.15) is 39.5 Å². The van der Waals surface area contributed by atoms with Crippen molar-refractivity contribution in [3.05, 3.63) is 12.2 Å². The van der Waals surface area contributed by atoms with Crippen molar-refractivity contribution >= 4 is 11.9 Å². The summed E-state index contributed by atoms with van der Waals surface area (Å²) in [5.41, 5.74) is 0. The molecule has 0 saturated carbocycles. The predicted molar refractivity (Wildman–Crippen MR) is 65.3 cm³/mol. The molecule has 4 nitrogen and oxygen atoms in total. The van der Waals surface area contributed by atoms with Gasteiger partial charge in [-0.15, -0.1) is 0 Å². The highest BCUT2D eigenvalue weighted by Gasteiger charge is 2.23. The van der Waals surface area contributed by atoms with E-state index in [1.165, 1.54) is 6.08 Å². The minimum absolute atomic E-state index is 0.115. The van der Waals surface area contributed by atoms with Gasteiger partial charge in [-0.1, -0.05) is 13.0 Å². The number of carbonyl (C=O) groups excluding carboxylic acids is 2. The smallest absolute Gasteiger partial charge is 0.330 e. The first-order chi connectivity index (χ1) is 8.17. The van der Waals surface area contributed by atoms with E-state index in [1.807, 2.05) is 6.08 Å². The van der Waals surface area contributed by atoms with Gasteiger partial charge in [0.1, 0.15) is 0 Å². The molecule has 1 N–H and O–H groups in total. The maximum absolute atomic E-state index is 11.3. The minimum atomic E-state index is -0.312. The van der Waals surface area contributed by atoms with Crippen molar-refractivity contribution in [2.45, 2.75) is 45.6 Å². The van der Waals surface area contributed by atoms with E-state index in [0.717, 1.165) is 19.3 Å². The molecular formula is C13H21NO3. The zero-order valence-corrected chi connectivity index (χ0v) is 10.6. The molecule has 1 aliphatic heterocycles. The summed E-state index contributed by atoms with van der Waals surface area (Å²) < 4.78 is 4.83. The zero-order chi connectivity index (χ0) is 12.7. The summed E-state index contributed by atoms with van der Waals surface area (Å²) >= 11 is 0. The first-order valence-electron chi connectivity index (χ1n) is 6.31. The molecule has 1 fully saturated rings. The molecule has 0 aromatic rings. The van der Waals surface area contributed by atoms with Crippen LogP contribution in [-0.2, 0) is 14.3 Å². The van der Waals surface area contributed by atoms with E-state index in [4.69, 9.17) is 4.74 Å². The summed E-state index contributed by atoms with van der Waals surface area (Å²) in [6.45, 7) is 4.23. The van der Waals surface area contributed by atoms with Gasteiger partial charge in [-0.05, 0) is 32.1 Å². The number of carbonyl (C=O) groups is 2. The number of esters is 1. The number of amides is 1. The van der Waals surface area contributed by atoms with Crippen LogP contribution in [0.2, 0.25) is 0 Å². The van der Waals surface area contributed by atoms with Gasteiger partial charge in [-0.25, -0.2) is 4.79 Å². The van der Waals surface area contributed by atoms with Crippen molar-refractivity contribution in [3.63, 3.8) is 0 Å². The second-order valence-electron chi connectivity index (χ2n) is 4.25. The maximum Gasteiger partial charge on any atom is 0.330 e. The Balaban J connectivity index is 2.52. The molecule has 96 valence electrons. The van der Waals surface area contributed by atoms with Gasteiger partial charge < -0.3 is 10.1 Å². The summed E-state index contributed by atoms with van der Waals surface area (Å²) in [6, 6.07) is 0.159. The molecule has 0 aromatic heterocycles. The average Bonchev–Trinajstić information content (AvgIpc) is 2.30. The monoisotopic (exact) mass is 239 g/mol. The Morgan fingerprint density at radius 1 is 1.59 bits per heavy atom. The summed E-state index contributed by atoms with van der Waals surface area (Å²) in [5, 5.41) is 2.98. The Hall–Kier alpha value is -1.32. The summed E-state index contributed by atoms with van der Waals surface area (Å²) in [5.74, 6) is 0.0148. The van der Waals surface area contributed by atoms with E-state index in [-0.39, 0.29) is 23.8 Å². The lowest BCUT2D eigenvalue weighted by molar-refractivity contribution is -0.137. The van der Waals surface area contributed by atoms with Crippen molar-refractivity contribution in [1.82, 2.24) is 5.32 Å². The van der Waals surface area contributed by atoms with Crippen LogP contribution in [0.4, 0.5) is 0 Å². The third kappa shape index (κ3) is 4.59. The summed E-state index contributed by atoms with van der Waals surface area (Å²) in [4.78, 5) is 22.5. The molecule has 4 heteroatoms. The average molecular weight is 239 g/mol. The SMILES string of the molecule is CCOC(=O)/C=C/[C@H](CC)[C@H]1CCCC(=O)N1. The molecule has 2 atom stereocenters. The van der Waals surface area contributed by atoms with Gasteiger partial charge in [0.05, 0.1) is 6.61 Å². The van der Waals surface area contributed by atoms with Crippen LogP contribution in [-0.4, -0.2) is 24.5 Å². The molecule has 0 aromatic carbocycles. The largest absolute Gasteiger partial charge is 0.463 e. The molecule has 1 saturated heterocycles. The molecule has 1 amide bonds. The molecule has 1 rings (SSSR count). The topological polar surface area (TPSA) is 55.4 Å². The molecule has 1 heterocycles. The fourth-order valence-corrected chi connectivity index (χ4v) is 2.10. The van der Waals surface area contributed by atoms with Crippen LogP contribution in [0.15, 0.2) is 12.2 Å². The van der Waals surface area contributed by atoms with Crippen molar-refractivity contribution in [2.24, 2.45) is 5.92 Å². The van der Waals surface area contributed by atoms with Gasteiger partial charge in [0.2, 0.25) is 5.91 Å². The fraction of sp³-hybridized carbons (Fsp3) is 0.692. The Kier molecular flexibility index (Phi) is 5.73. The molecular weight excluding hydrogens is 218 g/mol. The van der Waals surface area contributed by atoms with Gasteiger partial charge >= 0.3 is 5.97 Å². The number of hydrogen-bond donors (Lipinski definition) is 1. The quantitative estimate of drug-likeness (QED) is 0.588. The summed E-state index contributed by atoms with van der Waals surface area (Å²) in [7, 11) is 0. The van der Waals surface area contributed by atoms with E-state index in [2.05, 4.69) is 12.2 Å². The lowest BCUT2D eigenvalue weighted by Gasteiger charge is -2.28. The Bertz CT molecular complexity index is 299. The van der Waals surface area contributed by atoms with Crippen LogP contribution in [0.5, 0.6) is 0 Å². The number of hydrogen-bond acceptors (Lipinski definition) is 3. The van der Waals surface area contributed by atoms with Gasteiger partial charge in [0.15, 0.2) is 0 Å². The third-order valence-corrected chi connectivity index (χ3v) is 3.02. The van der Waals surface area contributed by atoms with Crippen LogP contribution in [0.3, 0.4) is 0 Å². The zero-order valence-electron chi connectivity index (χ0n) is 10.6. The normalized spacial score (nSPS) is 22.2. The number of piperidine rings is 1. The number of ether oxygens (including phenoxy) is 1. The highest BCUT2D eigenvalue weighted by atomic mass is 16.5. The molecule has 0 spiro atoms. The first kappa shape index (κ1) is 13.7. The molecule has 17 heavy (non-hydrogen) atoms. The lowest BCUT2D eigenvalue weighted by atomic mass is 9.89. The van der Waals surface area contributed by atoms with Gasteiger partial charge in [0, 0.05) is 18.5 Å². The molecule has 0 aliphatic carbocycles. The Morgan fingerprint density at radius 3 is 2.94 bits per heavy atom. The highest BCUT2D eigenvalue weighted by molar-refractivity contribution is 5.82. The molecule has 1 aliphatic rings. The maximum atomic E-state index is 11.3. The highest BCUT2D eigenvalue weighted by Crippen LogP contribution is 2.19. The van der Waals surface area contributed by atoms with Crippen LogP contribution in [0, 0.1) is 5.92 Å². The van der Waals surface area contributed by atoms with Crippen molar-refractivity contribution in [1.29, 1.82) is 0 Å². The molecule has 0 bridgehead atoms. The standard InChI is InChI=1S/C13H21NO3/c1-3-10(8-9-13(16)17-4-2)11-6-5-7-12(15)14-11/h8-11H,3-7H2,1-2H3,(H,14,15)/b9-8+/t10-,11+/m0/s1. The summed E-state index contributed by atoms with van der Waals surface area (Å²) in [6.07, 6.45) is 6.76. The van der Waals surface area contributed by atoms with Crippen molar-refractivity contribution in [3.8, 4) is 0 Å². The van der Waals surface area contributed by atoms with E-state index in [1.54, 1.807) is 6.92 Å². The van der Waals surface area contributed by atoms with E-state index >= 15 is 0 Å². The van der Waals surface area contributed by atoms with Crippen LogP contribution >= 0.6 is 0 Å². The Morgan fingerprint density at radius 2 is 2.35 bits per heavy atom. The van der Waals surface area contributed by atoms with E-state index in [9.17, 15) is 9.59 Å². The van der Waals surface area contributed by atoms with Gasteiger partial charge in [-0.2, -0.15) is 0 Å². The third-order valence-electron chi connectivity index (χ3n) is 3.02. The van der Waals surface area contributed by atoms with Crippen LogP contribution in [0.25, 0.3) is 0 Å². The minimum Gasteiger partial charge on any atom is -0.463 e. The van der Waals surface area contributed by atoms with E-state index < -0.39 is 0 Å². The van der Waals surface area contributed by atoms with Crippen LogP contribution < -0.4 is 5.32 Å². The van der Waals surface area contributed by atoms with E-state index in [0.29, 0.717) is 13.0 Å². The molecule has 0 unspecified atom stereocenters. The Labute approximate surface area is 102 Å². The lowest BCUT2D eigenvalue weighted by Crippen LogP contribution is -2.42. The number of nitrogens with one attached hydrogen (secondary N) is 1. The van der Waals surface area contributed by atoms with Crippen molar-refractivity contribution < 1.29 is 14.3 Å². The van der Waals surface area contributed by atoms with Crippen molar-refractivity contribution in [2.75, 3.05) is 6.61 Å². The number of rotatable bonds is 5. The van der Waals surface area contributed by atoms with Gasteiger partial charge in [-0.3, -0.25) is 4.79 Å². The molecule has 0 radical (unpaired) electrons. The second-order valence-corrected chi connectivity index (χ2v) is 4.25. The van der Waals surface area contributed by atoms with Gasteiger partial charge in [0.25, 0.3) is 0 Å².